The first-order valence-corrected chi connectivity index (χ1v) is 22.5. The summed E-state index contributed by atoms with van der Waals surface area (Å²) in [5.41, 5.74) is 2.71. The Morgan fingerprint density at radius 2 is 1.60 bits per heavy atom. The molecule has 0 saturated carbocycles. The predicted octanol–water partition coefficient (Wildman–Crippen LogP) is 8.67. The number of fused-ring (bicyclic) bond motifs is 1. The zero-order chi connectivity index (χ0) is 45.4. The number of phenolic OH excluding ortho intramolecular Hbond substituents is 1. The number of carbonyl (C=O) groups excluding carboxylic acids is 4. The number of benzene rings is 3. The van der Waals surface area contributed by atoms with E-state index in [9.17, 15) is 29.4 Å². The third kappa shape index (κ3) is 14.9. The van der Waals surface area contributed by atoms with E-state index < -0.39 is 53.6 Å². The molecule has 63 heavy (non-hydrogen) atoms. The number of allylic oxidation sites excluding steroid dienone is 1. The number of carbonyl (C=O) groups is 4. The maximum atomic E-state index is 13.9. The fraction of sp³-hybridized carbons (Fsp3) is 0.490. The van der Waals surface area contributed by atoms with Crippen molar-refractivity contribution in [2.24, 2.45) is 0 Å². The molecule has 4 unspecified atom stereocenters. The minimum atomic E-state index is -0.865. The highest BCUT2D eigenvalue weighted by Gasteiger charge is 2.52. The molecule has 4 N–H and O–H groups in total. The third-order valence-electron chi connectivity index (χ3n) is 11.1. The number of unbranched alkanes of at least 4 members (excludes halogenated alkanes) is 4. The molecule has 2 aliphatic rings. The van der Waals surface area contributed by atoms with E-state index in [0.29, 0.717) is 41.5 Å². The molecular weight excluding hydrogens is 801 g/mol. The molecule has 1 aliphatic heterocycles. The Kier molecular flexibility index (Phi) is 18.1. The average Bonchev–Trinajstić information content (AvgIpc) is 3.63. The van der Waals surface area contributed by atoms with Crippen LogP contribution in [-0.4, -0.2) is 76.3 Å². The lowest BCUT2D eigenvalue weighted by molar-refractivity contribution is -0.190. The van der Waals surface area contributed by atoms with Crippen molar-refractivity contribution in [1.82, 2.24) is 10.6 Å². The maximum Gasteiger partial charge on any atom is 0.338 e. The molecule has 0 spiro atoms. The smallest absolute Gasteiger partial charge is 0.338 e. The molecule has 3 aromatic rings. The third-order valence-corrected chi connectivity index (χ3v) is 11.1. The Morgan fingerprint density at radius 3 is 2.30 bits per heavy atom. The summed E-state index contributed by atoms with van der Waals surface area (Å²) < 4.78 is 25.2. The minimum Gasteiger partial charge on any atom is -0.508 e. The first-order chi connectivity index (χ1) is 30.2. The summed E-state index contributed by atoms with van der Waals surface area (Å²) in [5.74, 6) is -2.38. The van der Waals surface area contributed by atoms with Gasteiger partial charge in [-0.2, -0.15) is 0 Å². The number of rotatable bonds is 22. The molecule has 3 aromatic carbocycles. The number of para-hydroxylation sites is 1. The zero-order valence-corrected chi connectivity index (χ0v) is 37.5. The molecule has 340 valence electrons. The predicted molar refractivity (Wildman–Crippen MR) is 242 cm³/mol. The van der Waals surface area contributed by atoms with E-state index in [2.05, 4.69) is 24.5 Å². The van der Waals surface area contributed by atoms with E-state index >= 15 is 0 Å². The number of aliphatic hydroxyl groups excluding tert-OH is 1. The number of hydrogen-bond acceptors (Lipinski definition) is 10. The van der Waals surface area contributed by atoms with Crippen LogP contribution in [-0.2, 0) is 41.5 Å². The van der Waals surface area contributed by atoms with Gasteiger partial charge < -0.3 is 39.8 Å². The zero-order valence-electron chi connectivity index (χ0n) is 37.5. The largest absolute Gasteiger partial charge is 0.508 e. The van der Waals surface area contributed by atoms with Gasteiger partial charge in [0.2, 0.25) is 5.91 Å². The van der Waals surface area contributed by atoms with Gasteiger partial charge in [0.05, 0.1) is 18.2 Å². The van der Waals surface area contributed by atoms with Crippen LogP contribution in [0.2, 0.25) is 0 Å². The summed E-state index contributed by atoms with van der Waals surface area (Å²) in [6, 6.07) is 20.4. The number of esters is 2. The summed E-state index contributed by atoms with van der Waals surface area (Å²) in [6.45, 7) is 9.39. The van der Waals surface area contributed by atoms with Gasteiger partial charge in [0, 0.05) is 43.4 Å². The van der Waals surface area contributed by atoms with Gasteiger partial charge in [-0.3, -0.25) is 14.4 Å². The molecule has 12 heteroatoms. The van der Waals surface area contributed by atoms with E-state index in [0.717, 1.165) is 49.7 Å². The quantitative estimate of drug-likeness (QED) is 0.0566. The van der Waals surface area contributed by atoms with Crippen molar-refractivity contribution < 1.29 is 48.3 Å². The number of phenols is 1. The SMILES string of the molecule is CCCCCC1(CCCCC)OC2C=C(C(=O)NCc3cccc(C(=O)NC(CO)CCC(=O)OC(C)(C)C)c3)CC(OC(=O)c3cccc(C=CCc4ccccc4O)c3)C2O1. The molecule has 0 radical (unpaired) electrons. The highest BCUT2D eigenvalue weighted by molar-refractivity contribution is 5.95. The van der Waals surface area contributed by atoms with E-state index in [1.165, 1.54) is 0 Å². The van der Waals surface area contributed by atoms with Crippen molar-refractivity contribution in [1.29, 1.82) is 0 Å². The maximum absolute atomic E-state index is 13.9. The molecule has 0 aromatic heterocycles. The fourth-order valence-electron chi connectivity index (χ4n) is 7.86. The Labute approximate surface area is 372 Å². The van der Waals surface area contributed by atoms with Crippen LogP contribution in [0.1, 0.15) is 143 Å². The number of nitrogens with one attached hydrogen (secondary N) is 2. The van der Waals surface area contributed by atoms with E-state index in [1.807, 2.05) is 30.4 Å². The molecule has 1 aliphatic carbocycles. The molecule has 2 amide bonds. The summed E-state index contributed by atoms with van der Waals surface area (Å²) in [6.07, 6.45) is 11.8. The number of hydrogen-bond donors (Lipinski definition) is 4. The van der Waals surface area contributed by atoms with Crippen LogP contribution < -0.4 is 10.6 Å². The summed E-state index contributed by atoms with van der Waals surface area (Å²) in [5, 5.41) is 25.8. The molecule has 1 fully saturated rings. The van der Waals surface area contributed by atoms with Crippen molar-refractivity contribution in [3.05, 3.63) is 118 Å². The van der Waals surface area contributed by atoms with Crippen LogP contribution in [0, 0.1) is 0 Å². The van der Waals surface area contributed by atoms with Gasteiger partial charge in [-0.1, -0.05) is 94.1 Å². The summed E-state index contributed by atoms with van der Waals surface area (Å²) >= 11 is 0. The minimum absolute atomic E-state index is 0.0376. The summed E-state index contributed by atoms with van der Waals surface area (Å²) in [4.78, 5) is 53.2. The van der Waals surface area contributed by atoms with Crippen molar-refractivity contribution in [2.75, 3.05) is 6.61 Å². The van der Waals surface area contributed by atoms with Gasteiger partial charge >= 0.3 is 11.9 Å². The lowest BCUT2D eigenvalue weighted by Crippen LogP contribution is -2.43. The number of aliphatic hydroxyl groups is 1. The monoisotopic (exact) mass is 866 g/mol. The highest BCUT2D eigenvalue weighted by atomic mass is 16.8. The summed E-state index contributed by atoms with van der Waals surface area (Å²) in [7, 11) is 0. The Morgan fingerprint density at radius 1 is 0.889 bits per heavy atom. The van der Waals surface area contributed by atoms with E-state index in [1.54, 1.807) is 81.4 Å². The molecular formula is C51H66N2O10. The van der Waals surface area contributed by atoms with Gasteiger partial charge in [0.1, 0.15) is 29.7 Å². The van der Waals surface area contributed by atoms with Gasteiger partial charge in [-0.25, -0.2) is 4.79 Å². The second kappa shape index (κ2) is 23.4. The second-order valence-electron chi connectivity index (χ2n) is 17.6. The van der Waals surface area contributed by atoms with Crippen LogP contribution in [0.5, 0.6) is 5.75 Å². The highest BCUT2D eigenvalue weighted by Crippen LogP contribution is 2.43. The first kappa shape index (κ1) is 48.7. The molecule has 0 bridgehead atoms. The number of ether oxygens (including phenoxy) is 4. The van der Waals surface area contributed by atoms with Gasteiger partial charge in [0.15, 0.2) is 5.79 Å². The Balaban J connectivity index is 1.29. The van der Waals surface area contributed by atoms with Crippen LogP contribution in [0.4, 0.5) is 0 Å². The molecule has 1 saturated heterocycles. The van der Waals surface area contributed by atoms with Gasteiger partial charge in [0.25, 0.3) is 5.91 Å². The lowest BCUT2D eigenvalue weighted by Gasteiger charge is -2.31. The molecule has 4 atom stereocenters. The van der Waals surface area contributed by atoms with Crippen molar-refractivity contribution in [3.8, 4) is 5.75 Å². The molecule has 5 rings (SSSR count). The first-order valence-electron chi connectivity index (χ1n) is 22.5. The molecule has 1 heterocycles. The van der Waals surface area contributed by atoms with Crippen LogP contribution in [0.25, 0.3) is 6.08 Å². The fourth-order valence-corrected chi connectivity index (χ4v) is 7.86. The average molecular weight is 867 g/mol. The van der Waals surface area contributed by atoms with Crippen LogP contribution in [0.3, 0.4) is 0 Å². The molecule has 12 nitrogen and oxygen atoms in total. The lowest BCUT2D eigenvalue weighted by atomic mass is 9.91. The van der Waals surface area contributed by atoms with Crippen molar-refractivity contribution in [3.63, 3.8) is 0 Å². The van der Waals surface area contributed by atoms with Crippen LogP contribution >= 0.6 is 0 Å². The van der Waals surface area contributed by atoms with E-state index in [-0.39, 0.29) is 44.1 Å². The topological polar surface area (TPSA) is 170 Å². The normalized spacial score (nSPS) is 18.6. The number of aromatic hydroxyl groups is 1. The Bertz CT molecular complexity index is 2060. The van der Waals surface area contributed by atoms with E-state index in [4.69, 9.17) is 18.9 Å². The number of amides is 2. The standard InChI is InChI=1S/C51H66N2O10/c1-6-8-12-27-51(28-13-9-7-2)61-44-32-40(47(57)52-33-36-19-16-22-38(30-36)48(58)53-41(34-54)25-26-45(56)62-50(3,4)5)31-43(46(44)63-51)60-49(59)39-23-15-18-35(29-39)17-14-21-37-20-10-11-24-42(37)55/h10-11,14-20,22-24,29-30,32,41,43-44,46,54-55H,6-9,12-13,21,25-28,31,33-34H2,1-5H3,(H,52,57)(H,53,58). The van der Waals surface area contributed by atoms with Crippen molar-refractivity contribution >= 4 is 29.8 Å². The second-order valence-corrected chi connectivity index (χ2v) is 17.6. The Hall–Kier alpha value is -5.30. The van der Waals surface area contributed by atoms with Gasteiger partial charge in [-0.15, -0.1) is 0 Å². The van der Waals surface area contributed by atoms with Gasteiger partial charge in [-0.05, 0) is 99.6 Å². The van der Waals surface area contributed by atoms with Crippen LogP contribution in [0.15, 0.2) is 90.5 Å². The van der Waals surface area contributed by atoms with Crippen molar-refractivity contribution in [2.45, 2.75) is 154 Å².